The number of rotatable bonds is 3. The monoisotopic (exact) mass is 212 g/mol. The van der Waals surface area contributed by atoms with Crippen molar-refractivity contribution < 1.29 is 9.53 Å². The van der Waals surface area contributed by atoms with Gasteiger partial charge in [0.1, 0.15) is 0 Å². The van der Waals surface area contributed by atoms with Gasteiger partial charge in [-0.2, -0.15) is 0 Å². The summed E-state index contributed by atoms with van der Waals surface area (Å²) in [7, 11) is 1.45. The van der Waals surface area contributed by atoms with Crippen molar-refractivity contribution in [3.05, 3.63) is 0 Å². The molecular formula is C11H20N2O2. The smallest absolute Gasteiger partial charge is 0.310 e. The molecule has 3 aliphatic rings. The zero-order valence-corrected chi connectivity index (χ0v) is 9.32. The Morgan fingerprint density at radius 2 is 2.20 bits per heavy atom. The van der Waals surface area contributed by atoms with Crippen molar-refractivity contribution in [1.82, 2.24) is 4.90 Å². The molecule has 0 aromatic rings. The number of hydrogen-bond donors (Lipinski definition) is 1. The maximum atomic E-state index is 11.6. The van der Waals surface area contributed by atoms with E-state index in [4.69, 9.17) is 10.5 Å². The van der Waals surface area contributed by atoms with E-state index in [2.05, 4.69) is 4.90 Å². The van der Waals surface area contributed by atoms with Crippen molar-refractivity contribution in [3.8, 4) is 0 Å². The van der Waals surface area contributed by atoms with E-state index in [1.165, 1.54) is 33.0 Å². The standard InChI is InChI=1S/C11H20N2O2/c1-15-11(14)9(6-12)10-7-13-4-2-8(10)3-5-13/h8-10H,2-7,12H2,1H3. The largest absolute Gasteiger partial charge is 0.469 e. The molecule has 3 fully saturated rings. The van der Waals surface area contributed by atoms with Crippen molar-refractivity contribution >= 4 is 5.97 Å². The second-order valence-electron chi connectivity index (χ2n) is 4.67. The highest BCUT2D eigenvalue weighted by Gasteiger charge is 2.40. The first-order chi connectivity index (χ1) is 7.26. The molecule has 3 aliphatic heterocycles. The van der Waals surface area contributed by atoms with E-state index < -0.39 is 0 Å². The Morgan fingerprint density at radius 3 is 2.60 bits per heavy atom. The van der Waals surface area contributed by atoms with Crippen LogP contribution in [0, 0.1) is 17.8 Å². The fourth-order valence-corrected chi connectivity index (χ4v) is 3.06. The van der Waals surface area contributed by atoms with Gasteiger partial charge in [-0.1, -0.05) is 0 Å². The highest BCUT2D eigenvalue weighted by molar-refractivity contribution is 5.73. The van der Waals surface area contributed by atoms with Gasteiger partial charge in [0.25, 0.3) is 0 Å². The third kappa shape index (κ3) is 2.01. The van der Waals surface area contributed by atoms with Gasteiger partial charge in [-0.15, -0.1) is 0 Å². The van der Waals surface area contributed by atoms with Gasteiger partial charge in [0, 0.05) is 13.1 Å². The molecule has 86 valence electrons. The van der Waals surface area contributed by atoms with Crippen molar-refractivity contribution in [2.45, 2.75) is 12.8 Å². The average molecular weight is 212 g/mol. The Balaban J connectivity index is 2.05. The lowest BCUT2D eigenvalue weighted by atomic mass is 9.72. The lowest BCUT2D eigenvalue weighted by Gasteiger charge is -2.46. The summed E-state index contributed by atoms with van der Waals surface area (Å²) in [5.74, 6) is 0.881. The molecule has 3 heterocycles. The number of piperidine rings is 3. The Hall–Kier alpha value is -0.610. The number of nitrogens with zero attached hydrogens (tertiary/aromatic N) is 1. The molecule has 2 bridgehead atoms. The predicted molar refractivity (Wildman–Crippen MR) is 57.2 cm³/mol. The van der Waals surface area contributed by atoms with Crippen LogP contribution in [0.25, 0.3) is 0 Å². The number of fused-ring (bicyclic) bond motifs is 3. The molecule has 0 radical (unpaired) electrons. The third-order valence-electron chi connectivity index (χ3n) is 3.98. The van der Waals surface area contributed by atoms with Gasteiger partial charge in [0.15, 0.2) is 0 Å². The van der Waals surface area contributed by atoms with E-state index in [1.54, 1.807) is 0 Å². The number of methoxy groups -OCH3 is 1. The van der Waals surface area contributed by atoms with Crippen LogP contribution in [-0.4, -0.2) is 44.2 Å². The minimum Gasteiger partial charge on any atom is -0.469 e. The minimum atomic E-state index is -0.128. The summed E-state index contributed by atoms with van der Waals surface area (Å²) < 4.78 is 4.83. The van der Waals surface area contributed by atoms with Crippen LogP contribution in [0.3, 0.4) is 0 Å². The summed E-state index contributed by atoms with van der Waals surface area (Å²) >= 11 is 0. The molecular weight excluding hydrogens is 192 g/mol. The van der Waals surface area contributed by atoms with Crippen molar-refractivity contribution in [1.29, 1.82) is 0 Å². The van der Waals surface area contributed by atoms with Gasteiger partial charge in [0.05, 0.1) is 13.0 Å². The van der Waals surface area contributed by atoms with Crippen molar-refractivity contribution in [2.24, 2.45) is 23.5 Å². The van der Waals surface area contributed by atoms with Crippen LogP contribution in [0.2, 0.25) is 0 Å². The molecule has 0 spiro atoms. The molecule has 3 rings (SSSR count). The fourth-order valence-electron chi connectivity index (χ4n) is 3.06. The lowest BCUT2D eigenvalue weighted by Crippen LogP contribution is -2.52. The number of hydrogen-bond acceptors (Lipinski definition) is 4. The second kappa shape index (κ2) is 4.49. The van der Waals surface area contributed by atoms with Crippen LogP contribution in [0.5, 0.6) is 0 Å². The first-order valence-electron chi connectivity index (χ1n) is 5.76. The highest BCUT2D eigenvalue weighted by atomic mass is 16.5. The first-order valence-corrected chi connectivity index (χ1v) is 5.76. The SMILES string of the molecule is COC(=O)C(CN)C1CN2CCC1CC2. The number of carbonyl (C=O) groups is 1. The van der Waals surface area contributed by atoms with E-state index in [-0.39, 0.29) is 11.9 Å². The molecule has 4 heteroatoms. The van der Waals surface area contributed by atoms with Crippen LogP contribution < -0.4 is 5.73 Å². The summed E-state index contributed by atoms with van der Waals surface area (Å²) in [5, 5.41) is 0. The summed E-state index contributed by atoms with van der Waals surface area (Å²) in [6.07, 6.45) is 2.44. The molecule has 3 saturated heterocycles. The summed E-state index contributed by atoms with van der Waals surface area (Å²) in [6.45, 7) is 3.84. The van der Waals surface area contributed by atoms with E-state index in [0.29, 0.717) is 18.4 Å². The molecule has 0 aromatic heterocycles. The zero-order chi connectivity index (χ0) is 10.8. The Morgan fingerprint density at radius 1 is 1.53 bits per heavy atom. The summed E-state index contributed by atoms with van der Waals surface area (Å²) in [6, 6.07) is 0. The zero-order valence-electron chi connectivity index (χ0n) is 9.32. The van der Waals surface area contributed by atoms with Crippen LogP contribution in [0.15, 0.2) is 0 Å². The minimum absolute atomic E-state index is 0.0944. The normalized spacial score (nSPS) is 36.3. The van der Waals surface area contributed by atoms with Crippen LogP contribution >= 0.6 is 0 Å². The first kappa shape index (κ1) is 10.9. The fraction of sp³-hybridized carbons (Fsp3) is 0.909. The average Bonchev–Trinajstić information content (AvgIpc) is 2.31. The molecule has 2 atom stereocenters. The molecule has 2 unspecified atom stereocenters. The molecule has 0 saturated carbocycles. The molecule has 0 amide bonds. The van der Waals surface area contributed by atoms with Gasteiger partial charge in [-0.25, -0.2) is 0 Å². The summed E-state index contributed by atoms with van der Waals surface area (Å²) in [4.78, 5) is 14.0. The maximum Gasteiger partial charge on any atom is 0.310 e. The molecule has 4 nitrogen and oxygen atoms in total. The number of carbonyl (C=O) groups excluding carboxylic acids is 1. The quantitative estimate of drug-likeness (QED) is 0.673. The number of ether oxygens (including phenoxy) is 1. The maximum absolute atomic E-state index is 11.6. The topological polar surface area (TPSA) is 55.6 Å². The molecule has 15 heavy (non-hydrogen) atoms. The van der Waals surface area contributed by atoms with E-state index in [9.17, 15) is 4.79 Å². The Labute approximate surface area is 90.8 Å². The van der Waals surface area contributed by atoms with Gasteiger partial charge in [-0.3, -0.25) is 4.79 Å². The number of esters is 1. The molecule has 2 N–H and O–H groups in total. The molecule has 0 aliphatic carbocycles. The predicted octanol–water partition coefficient (Wildman–Crippen LogP) is 0.0761. The number of nitrogens with two attached hydrogens (primary N) is 1. The highest BCUT2D eigenvalue weighted by Crippen LogP contribution is 2.36. The van der Waals surface area contributed by atoms with E-state index in [1.807, 2.05) is 0 Å². The van der Waals surface area contributed by atoms with Crippen molar-refractivity contribution in [2.75, 3.05) is 33.3 Å². The van der Waals surface area contributed by atoms with Gasteiger partial charge in [0.2, 0.25) is 0 Å². The lowest BCUT2D eigenvalue weighted by molar-refractivity contribution is -0.150. The second-order valence-corrected chi connectivity index (χ2v) is 4.67. The van der Waals surface area contributed by atoms with E-state index >= 15 is 0 Å². The van der Waals surface area contributed by atoms with Gasteiger partial charge in [-0.05, 0) is 37.8 Å². The Bertz CT molecular complexity index is 237. The summed E-state index contributed by atoms with van der Waals surface area (Å²) in [5.41, 5.74) is 5.69. The van der Waals surface area contributed by atoms with Crippen LogP contribution in [-0.2, 0) is 9.53 Å². The Kier molecular flexibility index (Phi) is 3.26. The van der Waals surface area contributed by atoms with Crippen LogP contribution in [0.1, 0.15) is 12.8 Å². The van der Waals surface area contributed by atoms with Crippen molar-refractivity contribution in [3.63, 3.8) is 0 Å². The van der Waals surface area contributed by atoms with Gasteiger partial charge < -0.3 is 15.4 Å². The van der Waals surface area contributed by atoms with E-state index in [0.717, 1.165) is 6.54 Å². The third-order valence-corrected chi connectivity index (χ3v) is 3.98. The van der Waals surface area contributed by atoms with Gasteiger partial charge >= 0.3 is 5.97 Å². The molecule has 0 aromatic carbocycles. The van der Waals surface area contributed by atoms with Crippen LogP contribution in [0.4, 0.5) is 0 Å².